The third-order valence-electron chi connectivity index (χ3n) is 3.43. The van der Waals surface area contributed by atoms with E-state index in [-0.39, 0.29) is 5.91 Å². The monoisotopic (exact) mass is 233 g/mol. The molecule has 2 N–H and O–H groups in total. The highest BCUT2D eigenvalue weighted by molar-refractivity contribution is 5.91. The lowest BCUT2D eigenvalue weighted by atomic mass is 9.96. The first-order valence-corrected chi connectivity index (χ1v) is 5.82. The Balaban J connectivity index is 2.40. The van der Waals surface area contributed by atoms with Gasteiger partial charge < -0.3 is 15.5 Å². The van der Waals surface area contributed by atoms with Gasteiger partial charge in [0.25, 0.3) is 0 Å². The van der Waals surface area contributed by atoms with Crippen LogP contribution < -0.4 is 10.6 Å². The number of hydrogen-bond donors (Lipinski definition) is 1. The first-order valence-electron chi connectivity index (χ1n) is 5.82. The van der Waals surface area contributed by atoms with E-state index in [9.17, 15) is 4.79 Å². The highest BCUT2D eigenvalue weighted by atomic mass is 16.2. The lowest BCUT2D eigenvalue weighted by Gasteiger charge is -2.46. The number of nitrogens with zero attached hydrogens (tertiary/aromatic N) is 2. The summed E-state index contributed by atoms with van der Waals surface area (Å²) in [5.41, 5.74) is 7.11. The minimum atomic E-state index is -0.539. The summed E-state index contributed by atoms with van der Waals surface area (Å²) in [5.74, 6) is 0.131. The SMILES string of the molecule is CN1CCN(c2ccccc2N)C(C)(C)C1=O. The Morgan fingerprint density at radius 1 is 1.24 bits per heavy atom. The zero-order chi connectivity index (χ0) is 12.6. The Morgan fingerprint density at radius 3 is 2.53 bits per heavy atom. The highest BCUT2D eigenvalue weighted by Crippen LogP contribution is 2.32. The molecule has 1 aromatic rings. The van der Waals surface area contributed by atoms with E-state index in [1.54, 1.807) is 4.90 Å². The number of likely N-dealkylation sites (N-methyl/N-ethyl adjacent to an activating group) is 1. The molecule has 0 unspecified atom stereocenters. The second-order valence-corrected chi connectivity index (χ2v) is 5.00. The molecule has 0 saturated carbocycles. The van der Waals surface area contributed by atoms with Gasteiger partial charge in [-0.15, -0.1) is 0 Å². The van der Waals surface area contributed by atoms with E-state index in [2.05, 4.69) is 4.90 Å². The van der Waals surface area contributed by atoms with Crippen molar-refractivity contribution in [3.63, 3.8) is 0 Å². The van der Waals surface area contributed by atoms with Crippen LogP contribution in [0.5, 0.6) is 0 Å². The number of piperazine rings is 1. The zero-order valence-corrected chi connectivity index (χ0v) is 10.6. The summed E-state index contributed by atoms with van der Waals surface area (Å²) < 4.78 is 0. The van der Waals surface area contributed by atoms with Crippen LogP contribution in [0.1, 0.15) is 13.8 Å². The summed E-state index contributed by atoms with van der Waals surface area (Å²) in [7, 11) is 1.84. The number of carbonyl (C=O) groups is 1. The topological polar surface area (TPSA) is 49.6 Å². The number of amides is 1. The van der Waals surface area contributed by atoms with Gasteiger partial charge >= 0.3 is 0 Å². The smallest absolute Gasteiger partial charge is 0.247 e. The number of hydrogen-bond acceptors (Lipinski definition) is 3. The van der Waals surface area contributed by atoms with E-state index in [4.69, 9.17) is 5.73 Å². The Morgan fingerprint density at radius 2 is 1.88 bits per heavy atom. The van der Waals surface area contributed by atoms with Crippen LogP contribution in [-0.2, 0) is 4.79 Å². The van der Waals surface area contributed by atoms with Gasteiger partial charge in [-0.1, -0.05) is 12.1 Å². The fourth-order valence-corrected chi connectivity index (χ4v) is 2.37. The van der Waals surface area contributed by atoms with Crippen LogP contribution in [0.25, 0.3) is 0 Å². The number of nitrogen functional groups attached to an aromatic ring is 1. The van der Waals surface area contributed by atoms with Gasteiger partial charge in [0.2, 0.25) is 5.91 Å². The summed E-state index contributed by atoms with van der Waals surface area (Å²) in [6.07, 6.45) is 0. The second-order valence-electron chi connectivity index (χ2n) is 5.00. The van der Waals surface area contributed by atoms with E-state index >= 15 is 0 Å². The standard InChI is InChI=1S/C13H19N3O/c1-13(2)12(17)15(3)8-9-16(13)11-7-5-4-6-10(11)14/h4-7H,8-9,14H2,1-3H3. The molecule has 17 heavy (non-hydrogen) atoms. The quantitative estimate of drug-likeness (QED) is 0.744. The lowest BCUT2D eigenvalue weighted by Crippen LogP contribution is -2.62. The van der Waals surface area contributed by atoms with Gasteiger partial charge in [0, 0.05) is 20.1 Å². The van der Waals surface area contributed by atoms with Gasteiger partial charge in [0.15, 0.2) is 0 Å². The molecule has 0 aliphatic carbocycles. The zero-order valence-electron chi connectivity index (χ0n) is 10.6. The van der Waals surface area contributed by atoms with Gasteiger partial charge in [-0.2, -0.15) is 0 Å². The predicted octanol–water partition coefficient (Wildman–Crippen LogP) is 1.33. The molecule has 1 heterocycles. The number of para-hydroxylation sites is 2. The van der Waals surface area contributed by atoms with Gasteiger partial charge in [0.05, 0.1) is 11.4 Å². The van der Waals surface area contributed by atoms with Crippen molar-refractivity contribution < 1.29 is 4.79 Å². The summed E-state index contributed by atoms with van der Waals surface area (Å²) in [6, 6.07) is 7.69. The fraction of sp³-hybridized carbons (Fsp3) is 0.462. The van der Waals surface area contributed by atoms with Crippen molar-refractivity contribution in [2.24, 2.45) is 0 Å². The molecular weight excluding hydrogens is 214 g/mol. The van der Waals surface area contributed by atoms with Crippen LogP contribution in [-0.4, -0.2) is 36.5 Å². The molecule has 0 atom stereocenters. The lowest BCUT2D eigenvalue weighted by molar-refractivity contribution is -0.136. The first-order chi connectivity index (χ1) is 7.94. The van der Waals surface area contributed by atoms with Crippen LogP contribution in [0.15, 0.2) is 24.3 Å². The van der Waals surface area contributed by atoms with Crippen molar-refractivity contribution in [1.29, 1.82) is 0 Å². The Bertz CT molecular complexity index is 442. The average Bonchev–Trinajstić information content (AvgIpc) is 2.28. The molecule has 0 radical (unpaired) electrons. The number of anilines is 2. The van der Waals surface area contributed by atoms with Crippen LogP contribution >= 0.6 is 0 Å². The minimum absolute atomic E-state index is 0.131. The summed E-state index contributed by atoms with van der Waals surface area (Å²) in [5, 5.41) is 0. The normalized spacial score (nSPS) is 19.6. The van der Waals surface area contributed by atoms with E-state index in [0.29, 0.717) is 0 Å². The second kappa shape index (κ2) is 3.95. The molecule has 92 valence electrons. The summed E-state index contributed by atoms with van der Waals surface area (Å²) in [4.78, 5) is 16.0. The molecule has 1 saturated heterocycles. The van der Waals surface area contributed by atoms with Gasteiger partial charge in [-0.3, -0.25) is 4.79 Å². The van der Waals surface area contributed by atoms with E-state index < -0.39 is 5.54 Å². The number of benzene rings is 1. The Labute approximate surface area is 102 Å². The number of nitrogens with two attached hydrogens (primary N) is 1. The minimum Gasteiger partial charge on any atom is -0.397 e. The van der Waals surface area contributed by atoms with Crippen LogP contribution in [0.3, 0.4) is 0 Å². The fourth-order valence-electron chi connectivity index (χ4n) is 2.37. The molecule has 1 aliphatic rings. The van der Waals surface area contributed by atoms with Gasteiger partial charge in [0.1, 0.15) is 5.54 Å². The molecule has 0 aromatic heterocycles. The maximum Gasteiger partial charge on any atom is 0.247 e. The number of carbonyl (C=O) groups excluding carboxylic acids is 1. The molecule has 0 spiro atoms. The van der Waals surface area contributed by atoms with Crippen LogP contribution in [0.4, 0.5) is 11.4 Å². The van der Waals surface area contributed by atoms with Gasteiger partial charge in [-0.25, -0.2) is 0 Å². The van der Waals surface area contributed by atoms with Crippen molar-refractivity contribution in [2.75, 3.05) is 30.8 Å². The maximum absolute atomic E-state index is 12.2. The average molecular weight is 233 g/mol. The molecule has 4 nitrogen and oxygen atoms in total. The molecule has 0 bridgehead atoms. The van der Waals surface area contributed by atoms with Crippen molar-refractivity contribution in [3.05, 3.63) is 24.3 Å². The molecule has 1 aromatic carbocycles. The molecule has 2 rings (SSSR count). The third kappa shape index (κ3) is 1.84. The number of rotatable bonds is 1. The van der Waals surface area contributed by atoms with Crippen molar-refractivity contribution in [2.45, 2.75) is 19.4 Å². The van der Waals surface area contributed by atoms with Gasteiger partial charge in [-0.05, 0) is 26.0 Å². The molecule has 1 fully saturated rings. The third-order valence-corrected chi connectivity index (χ3v) is 3.43. The van der Waals surface area contributed by atoms with E-state index in [0.717, 1.165) is 24.5 Å². The molecule has 1 amide bonds. The summed E-state index contributed by atoms with van der Waals surface area (Å²) in [6.45, 7) is 5.43. The predicted molar refractivity (Wildman–Crippen MR) is 69.9 cm³/mol. The van der Waals surface area contributed by atoms with Crippen molar-refractivity contribution >= 4 is 17.3 Å². The highest BCUT2D eigenvalue weighted by Gasteiger charge is 2.40. The van der Waals surface area contributed by atoms with Crippen molar-refractivity contribution in [1.82, 2.24) is 4.90 Å². The molecular formula is C13H19N3O. The van der Waals surface area contributed by atoms with Crippen LogP contribution in [0, 0.1) is 0 Å². The molecule has 1 aliphatic heterocycles. The first kappa shape index (κ1) is 11.8. The Kier molecular flexibility index (Phi) is 2.73. The largest absolute Gasteiger partial charge is 0.397 e. The Hall–Kier alpha value is -1.71. The maximum atomic E-state index is 12.2. The van der Waals surface area contributed by atoms with E-state index in [1.807, 2.05) is 45.2 Å². The van der Waals surface area contributed by atoms with Crippen LogP contribution in [0.2, 0.25) is 0 Å². The molecule has 4 heteroatoms. The van der Waals surface area contributed by atoms with E-state index in [1.165, 1.54) is 0 Å². The summed E-state index contributed by atoms with van der Waals surface area (Å²) >= 11 is 0. The van der Waals surface area contributed by atoms with Crippen molar-refractivity contribution in [3.8, 4) is 0 Å².